The molecule has 11 aromatic rings. The van der Waals surface area contributed by atoms with Crippen LogP contribution in [-0.2, 0) is 0 Å². The molecule has 3 heterocycles. The van der Waals surface area contributed by atoms with Crippen LogP contribution in [0.25, 0.3) is 98.3 Å². The quantitative estimate of drug-likeness (QED) is 0.192. The molecule has 8 aromatic carbocycles. The first-order chi connectivity index (χ1) is 22.9. The second kappa shape index (κ2) is 8.74. The molecule has 2 nitrogen and oxygen atoms in total. The van der Waals surface area contributed by atoms with E-state index in [0.29, 0.717) is 0 Å². The van der Waals surface area contributed by atoms with Crippen LogP contribution >= 0.6 is 0 Å². The monoisotopic (exact) mass is 582 g/mol. The first kappa shape index (κ1) is 24.2. The molecule has 0 fully saturated rings. The first-order valence-electron chi connectivity index (χ1n) is 16.0. The van der Waals surface area contributed by atoms with Crippen LogP contribution in [0.3, 0.4) is 0 Å². The number of nitrogens with zero attached hydrogens (tertiary/aromatic N) is 2. The average molecular weight is 583 g/mol. The van der Waals surface area contributed by atoms with E-state index in [2.05, 4.69) is 167 Å². The van der Waals surface area contributed by atoms with Crippen molar-refractivity contribution in [2.45, 2.75) is 0 Å². The topological polar surface area (TPSA) is 9.34 Å². The van der Waals surface area contributed by atoms with Gasteiger partial charge < -0.3 is 8.97 Å². The molecule has 3 aromatic heterocycles. The number of rotatable bonds is 2. The Hall–Kier alpha value is -6.12. The van der Waals surface area contributed by atoms with Crippen molar-refractivity contribution in [1.82, 2.24) is 8.97 Å². The van der Waals surface area contributed by atoms with E-state index in [1.54, 1.807) is 0 Å². The third kappa shape index (κ3) is 2.96. The van der Waals surface area contributed by atoms with Crippen molar-refractivity contribution >= 4 is 81.4 Å². The van der Waals surface area contributed by atoms with Gasteiger partial charge in [-0.1, -0.05) is 140 Å². The lowest BCUT2D eigenvalue weighted by Crippen LogP contribution is -1.96. The highest BCUT2D eigenvalue weighted by Gasteiger charge is 2.26. The van der Waals surface area contributed by atoms with Gasteiger partial charge in [0.15, 0.2) is 0 Å². The van der Waals surface area contributed by atoms with Crippen molar-refractivity contribution in [1.29, 1.82) is 0 Å². The van der Waals surface area contributed by atoms with Gasteiger partial charge in [-0.15, -0.1) is 0 Å². The lowest BCUT2D eigenvalue weighted by atomic mass is 9.97. The Labute approximate surface area is 264 Å². The maximum Gasteiger partial charge on any atom is 0.0796 e. The highest BCUT2D eigenvalue weighted by Crippen LogP contribution is 2.49. The molecule has 0 saturated heterocycles. The highest BCUT2D eigenvalue weighted by molar-refractivity contribution is 6.39. The smallest absolute Gasteiger partial charge is 0.0796 e. The third-order valence-corrected chi connectivity index (χ3v) is 10.2. The van der Waals surface area contributed by atoms with Crippen molar-refractivity contribution in [3.05, 3.63) is 158 Å². The minimum absolute atomic E-state index is 1.16. The molecule has 0 N–H and O–H groups in total. The van der Waals surface area contributed by atoms with Crippen molar-refractivity contribution in [2.24, 2.45) is 0 Å². The summed E-state index contributed by atoms with van der Waals surface area (Å²) in [4.78, 5) is 0. The lowest BCUT2D eigenvalue weighted by Gasteiger charge is -2.12. The van der Waals surface area contributed by atoms with E-state index in [-0.39, 0.29) is 0 Å². The summed E-state index contributed by atoms with van der Waals surface area (Å²) in [5, 5.41) is 13.0. The van der Waals surface area contributed by atoms with Crippen LogP contribution in [0.1, 0.15) is 0 Å². The molecular weight excluding hydrogens is 556 g/mol. The number of hydrogen-bond donors (Lipinski definition) is 0. The maximum absolute atomic E-state index is 2.60. The van der Waals surface area contributed by atoms with E-state index in [9.17, 15) is 0 Å². The van der Waals surface area contributed by atoms with Crippen molar-refractivity contribution in [3.63, 3.8) is 0 Å². The Balaban J connectivity index is 1.43. The number of aromatic nitrogens is 2. The molecule has 212 valence electrons. The zero-order valence-electron chi connectivity index (χ0n) is 24.9. The minimum Gasteiger partial charge on any atom is -0.307 e. The largest absolute Gasteiger partial charge is 0.307 e. The molecule has 0 amide bonds. The fraction of sp³-hybridized carbons (Fsp3) is 0. The summed E-state index contributed by atoms with van der Waals surface area (Å²) in [7, 11) is 0. The summed E-state index contributed by atoms with van der Waals surface area (Å²) in [6.07, 6.45) is 0. The summed E-state index contributed by atoms with van der Waals surface area (Å²) >= 11 is 0. The Morgan fingerprint density at radius 1 is 0.304 bits per heavy atom. The van der Waals surface area contributed by atoms with Gasteiger partial charge in [0.25, 0.3) is 0 Å². The van der Waals surface area contributed by atoms with Gasteiger partial charge in [0.1, 0.15) is 0 Å². The molecule has 0 spiro atoms. The van der Waals surface area contributed by atoms with Crippen LogP contribution in [0.5, 0.6) is 0 Å². The van der Waals surface area contributed by atoms with Gasteiger partial charge in [-0.25, -0.2) is 0 Å². The van der Waals surface area contributed by atoms with Gasteiger partial charge >= 0.3 is 0 Å². The van der Waals surface area contributed by atoms with E-state index in [0.717, 1.165) is 5.69 Å². The molecule has 11 rings (SSSR count). The summed E-state index contributed by atoms with van der Waals surface area (Å²) in [5.41, 5.74) is 9.95. The van der Waals surface area contributed by atoms with Gasteiger partial charge in [0.2, 0.25) is 0 Å². The third-order valence-electron chi connectivity index (χ3n) is 10.2. The molecule has 0 aliphatic rings. The zero-order chi connectivity index (χ0) is 29.9. The van der Waals surface area contributed by atoms with Gasteiger partial charge in [-0.05, 0) is 45.5 Å². The second-order valence-electron chi connectivity index (χ2n) is 12.5. The summed E-state index contributed by atoms with van der Waals surface area (Å²) in [5.74, 6) is 0. The number of benzene rings is 8. The molecule has 0 aliphatic heterocycles. The standard InChI is InChI=1S/C44H26N2/c1-2-11-27(12-3-1)28-21-24-30(25-22-28)45-38-20-9-8-17-36(38)39-32-15-6-7-16-33(32)40-37-19-10-18-34-35-26-23-29-13-4-5-14-31(29)41(35)46(42(34)37)44(40)43(39)45/h1-26H. The van der Waals surface area contributed by atoms with Crippen LogP contribution in [0.2, 0.25) is 0 Å². The molecule has 0 aliphatic carbocycles. The number of fused-ring (bicyclic) bond motifs is 15. The summed E-state index contributed by atoms with van der Waals surface area (Å²) in [6.45, 7) is 0. The van der Waals surface area contributed by atoms with Crippen LogP contribution in [0.15, 0.2) is 158 Å². The minimum atomic E-state index is 1.16. The Morgan fingerprint density at radius 2 is 0.870 bits per heavy atom. The highest BCUT2D eigenvalue weighted by atomic mass is 15.0. The molecule has 46 heavy (non-hydrogen) atoms. The molecule has 0 saturated carbocycles. The van der Waals surface area contributed by atoms with Crippen LogP contribution in [0.4, 0.5) is 0 Å². The Bertz CT molecular complexity index is 3000. The van der Waals surface area contributed by atoms with Crippen molar-refractivity contribution in [3.8, 4) is 16.8 Å². The average Bonchev–Trinajstić information content (AvgIpc) is 3.78. The summed E-state index contributed by atoms with van der Waals surface area (Å²) in [6, 6.07) is 58.0. The fourth-order valence-corrected chi connectivity index (χ4v) is 8.35. The van der Waals surface area contributed by atoms with E-state index in [1.807, 2.05) is 0 Å². The fourth-order valence-electron chi connectivity index (χ4n) is 8.35. The normalized spacial score (nSPS) is 12.3. The predicted molar refractivity (Wildman–Crippen MR) is 196 cm³/mol. The van der Waals surface area contributed by atoms with Crippen LogP contribution in [-0.4, -0.2) is 8.97 Å². The van der Waals surface area contributed by atoms with Gasteiger partial charge in [-0.2, -0.15) is 0 Å². The molecule has 0 atom stereocenters. The van der Waals surface area contributed by atoms with Crippen molar-refractivity contribution < 1.29 is 0 Å². The number of hydrogen-bond acceptors (Lipinski definition) is 0. The van der Waals surface area contributed by atoms with Crippen molar-refractivity contribution in [2.75, 3.05) is 0 Å². The van der Waals surface area contributed by atoms with Gasteiger partial charge in [-0.3, -0.25) is 0 Å². The summed E-state index contributed by atoms with van der Waals surface area (Å²) < 4.78 is 5.11. The van der Waals surface area contributed by atoms with Gasteiger partial charge in [0.05, 0.1) is 27.6 Å². The Morgan fingerprint density at radius 3 is 1.67 bits per heavy atom. The maximum atomic E-state index is 2.60. The van der Waals surface area contributed by atoms with Crippen LogP contribution in [0, 0.1) is 0 Å². The number of para-hydroxylation sites is 2. The van der Waals surface area contributed by atoms with E-state index < -0.39 is 0 Å². The molecular formula is C44H26N2. The van der Waals surface area contributed by atoms with E-state index in [4.69, 9.17) is 0 Å². The van der Waals surface area contributed by atoms with E-state index >= 15 is 0 Å². The van der Waals surface area contributed by atoms with Crippen LogP contribution < -0.4 is 0 Å². The predicted octanol–water partition coefficient (Wildman–Crippen LogP) is 11.9. The molecule has 0 unspecified atom stereocenters. The second-order valence-corrected chi connectivity index (χ2v) is 12.5. The lowest BCUT2D eigenvalue weighted by molar-refractivity contribution is 1.18. The molecule has 0 bridgehead atoms. The SMILES string of the molecule is c1ccc(-c2ccc(-n3c4ccccc4c4c5ccccc5c5c6cccc7c8ccc9ccccc9c8n(c76)c5c43)cc2)cc1. The zero-order valence-corrected chi connectivity index (χ0v) is 24.9. The molecule has 0 radical (unpaired) electrons. The van der Waals surface area contributed by atoms with Gasteiger partial charge in [0, 0.05) is 43.4 Å². The molecule has 2 heteroatoms. The Kier molecular flexibility index (Phi) is 4.61. The first-order valence-corrected chi connectivity index (χ1v) is 16.0. The van der Waals surface area contributed by atoms with E-state index in [1.165, 1.54) is 92.6 Å².